The van der Waals surface area contributed by atoms with E-state index in [1.807, 2.05) is 26.8 Å². The molecule has 3 rings (SSSR count). The van der Waals surface area contributed by atoms with E-state index in [4.69, 9.17) is 0 Å². The second-order valence-corrected chi connectivity index (χ2v) is 4.96. The summed E-state index contributed by atoms with van der Waals surface area (Å²) in [7, 11) is 0. The first-order valence-electron chi connectivity index (χ1n) is 6.21. The van der Waals surface area contributed by atoms with Gasteiger partial charge in [-0.1, -0.05) is 6.07 Å². The van der Waals surface area contributed by atoms with Crippen LogP contribution in [0.4, 0.5) is 0 Å². The highest BCUT2D eigenvalue weighted by Gasteiger charge is 2.10. The predicted octanol–water partition coefficient (Wildman–Crippen LogP) is 2.84. The molecule has 0 aliphatic carbocycles. The standard InChI is InChI=1S/C15H15N3O/c1-8-4-9(2)14-12(5-8)17-15(18-14)11-7-16-10(3)6-13(11)19/h4-7H,1-3H3,(H,16,19)(H,17,18). The molecule has 0 radical (unpaired) electrons. The van der Waals surface area contributed by atoms with Crippen molar-refractivity contribution >= 4 is 11.0 Å². The zero-order chi connectivity index (χ0) is 13.6. The van der Waals surface area contributed by atoms with E-state index in [-0.39, 0.29) is 5.43 Å². The summed E-state index contributed by atoms with van der Waals surface area (Å²) < 4.78 is 0. The van der Waals surface area contributed by atoms with E-state index in [0.29, 0.717) is 11.4 Å². The summed E-state index contributed by atoms with van der Waals surface area (Å²) in [6, 6.07) is 5.72. The summed E-state index contributed by atoms with van der Waals surface area (Å²) in [5.74, 6) is 0.616. The fourth-order valence-corrected chi connectivity index (χ4v) is 2.36. The lowest BCUT2D eigenvalue weighted by Crippen LogP contribution is -2.05. The smallest absolute Gasteiger partial charge is 0.192 e. The molecule has 19 heavy (non-hydrogen) atoms. The Morgan fingerprint density at radius 2 is 1.89 bits per heavy atom. The minimum absolute atomic E-state index is 0.0234. The lowest BCUT2D eigenvalue weighted by atomic mass is 10.1. The topological polar surface area (TPSA) is 61.5 Å². The zero-order valence-corrected chi connectivity index (χ0v) is 11.2. The van der Waals surface area contributed by atoms with Crippen molar-refractivity contribution in [3.05, 3.63) is 51.4 Å². The van der Waals surface area contributed by atoms with Gasteiger partial charge in [0, 0.05) is 18.0 Å². The van der Waals surface area contributed by atoms with E-state index in [1.165, 1.54) is 5.56 Å². The average molecular weight is 253 g/mol. The molecule has 0 fully saturated rings. The summed E-state index contributed by atoms with van der Waals surface area (Å²) >= 11 is 0. The maximum absolute atomic E-state index is 12.0. The molecule has 0 amide bonds. The van der Waals surface area contributed by atoms with Crippen LogP contribution in [0, 0.1) is 20.8 Å². The van der Waals surface area contributed by atoms with Crippen molar-refractivity contribution in [1.82, 2.24) is 15.0 Å². The van der Waals surface area contributed by atoms with Gasteiger partial charge in [-0.2, -0.15) is 0 Å². The highest BCUT2D eigenvalue weighted by molar-refractivity contribution is 5.82. The minimum Gasteiger partial charge on any atom is -0.364 e. The van der Waals surface area contributed by atoms with E-state index >= 15 is 0 Å². The SMILES string of the molecule is Cc1cc(C)c2nc(-c3c[nH]c(C)cc3=O)[nH]c2c1. The molecule has 0 unspecified atom stereocenters. The Kier molecular flexibility index (Phi) is 2.52. The number of pyridine rings is 1. The van der Waals surface area contributed by atoms with Crippen LogP contribution in [0.5, 0.6) is 0 Å². The number of hydrogen-bond acceptors (Lipinski definition) is 2. The van der Waals surface area contributed by atoms with Gasteiger partial charge in [0.25, 0.3) is 0 Å². The first-order chi connectivity index (χ1) is 9.04. The molecule has 2 heterocycles. The lowest BCUT2D eigenvalue weighted by Gasteiger charge is -1.96. The molecule has 0 bridgehead atoms. The van der Waals surface area contributed by atoms with Crippen LogP contribution >= 0.6 is 0 Å². The van der Waals surface area contributed by atoms with Crippen LogP contribution in [-0.4, -0.2) is 15.0 Å². The van der Waals surface area contributed by atoms with Gasteiger partial charge in [-0.3, -0.25) is 4.79 Å². The third-order valence-electron chi connectivity index (χ3n) is 3.23. The molecule has 0 saturated carbocycles. The van der Waals surface area contributed by atoms with Crippen molar-refractivity contribution in [3.8, 4) is 11.4 Å². The monoisotopic (exact) mass is 253 g/mol. The number of nitrogens with zero attached hydrogens (tertiary/aromatic N) is 1. The van der Waals surface area contributed by atoms with Gasteiger partial charge in [-0.15, -0.1) is 0 Å². The van der Waals surface area contributed by atoms with Crippen LogP contribution < -0.4 is 5.43 Å². The maximum Gasteiger partial charge on any atom is 0.192 e. The molecule has 0 aliphatic rings. The molecule has 2 aromatic heterocycles. The Labute approximate surface area is 110 Å². The number of rotatable bonds is 1. The summed E-state index contributed by atoms with van der Waals surface area (Å²) in [5, 5.41) is 0. The Hall–Kier alpha value is -2.36. The molecule has 0 aliphatic heterocycles. The molecule has 96 valence electrons. The van der Waals surface area contributed by atoms with E-state index in [2.05, 4.69) is 21.0 Å². The fourth-order valence-electron chi connectivity index (χ4n) is 2.36. The van der Waals surface area contributed by atoms with E-state index < -0.39 is 0 Å². The second kappa shape index (κ2) is 4.09. The normalized spacial score (nSPS) is 11.1. The van der Waals surface area contributed by atoms with Gasteiger partial charge in [-0.05, 0) is 38.0 Å². The Bertz CT molecular complexity index is 827. The van der Waals surface area contributed by atoms with E-state index in [9.17, 15) is 4.79 Å². The third-order valence-corrected chi connectivity index (χ3v) is 3.23. The number of nitrogens with one attached hydrogen (secondary N) is 2. The largest absolute Gasteiger partial charge is 0.364 e. The number of hydrogen-bond donors (Lipinski definition) is 2. The lowest BCUT2D eigenvalue weighted by molar-refractivity contribution is 1.17. The van der Waals surface area contributed by atoms with Crippen molar-refractivity contribution in [2.24, 2.45) is 0 Å². The van der Waals surface area contributed by atoms with Crippen molar-refractivity contribution < 1.29 is 0 Å². The van der Waals surface area contributed by atoms with Gasteiger partial charge in [-0.25, -0.2) is 4.98 Å². The van der Waals surface area contributed by atoms with Crippen LogP contribution in [0.1, 0.15) is 16.8 Å². The van der Waals surface area contributed by atoms with Crippen molar-refractivity contribution in [2.75, 3.05) is 0 Å². The average Bonchev–Trinajstić information content (AvgIpc) is 2.72. The molecule has 0 atom stereocenters. The number of imidazole rings is 1. The summed E-state index contributed by atoms with van der Waals surface area (Å²) in [5.41, 5.74) is 5.56. The van der Waals surface area contributed by atoms with Crippen LogP contribution in [0.15, 0.2) is 29.2 Å². The maximum atomic E-state index is 12.0. The van der Waals surface area contributed by atoms with Crippen molar-refractivity contribution in [1.29, 1.82) is 0 Å². The second-order valence-electron chi connectivity index (χ2n) is 4.96. The third kappa shape index (κ3) is 1.95. The number of aromatic nitrogens is 3. The van der Waals surface area contributed by atoms with Gasteiger partial charge in [0.1, 0.15) is 5.82 Å². The molecule has 0 saturated heterocycles. The highest BCUT2D eigenvalue weighted by atomic mass is 16.1. The number of aryl methyl sites for hydroxylation is 3. The molecular weight excluding hydrogens is 238 g/mol. The highest BCUT2D eigenvalue weighted by Crippen LogP contribution is 2.21. The van der Waals surface area contributed by atoms with E-state index in [0.717, 1.165) is 22.3 Å². The molecule has 0 spiro atoms. The van der Waals surface area contributed by atoms with Crippen LogP contribution in [-0.2, 0) is 0 Å². The van der Waals surface area contributed by atoms with Gasteiger partial charge in [0.15, 0.2) is 5.43 Å². The number of aromatic amines is 2. The van der Waals surface area contributed by atoms with Gasteiger partial charge < -0.3 is 9.97 Å². The molecule has 3 aromatic rings. The Morgan fingerprint density at radius 1 is 1.11 bits per heavy atom. The Balaban J connectivity index is 2.26. The first kappa shape index (κ1) is 11.7. The summed E-state index contributed by atoms with van der Waals surface area (Å²) in [6.45, 7) is 5.93. The number of benzene rings is 1. The molecule has 4 heteroatoms. The molecule has 1 aromatic carbocycles. The van der Waals surface area contributed by atoms with E-state index in [1.54, 1.807) is 12.3 Å². The zero-order valence-electron chi connectivity index (χ0n) is 11.2. The van der Waals surface area contributed by atoms with Crippen LogP contribution in [0.25, 0.3) is 22.4 Å². The Morgan fingerprint density at radius 3 is 2.63 bits per heavy atom. The molecular formula is C15H15N3O. The summed E-state index contributed by atoms with van der Waals surface area (Å²) in [4.78, 5) is 22.8. The van der Waals surface area contributed by atoms with Crippen molar-refractivity contribution in [3.63, 3.8) is 0 Å². The fraction of sp³-hybridized carbons (Fsp3) is 0.200. The van der Waals surface area contributed by atoms with Gasteiger partial charge in [0.2, 0.25) is 0 Å². The molecule has 4 nitrogen and oxygen atoms in total. The first-order valence-corrected chi connectivity index (χ1v) is 6.21. The van der Waals surface area contributed by atoms with Gasteiger partial charge in [0.05, 0.1) is 16.6 Å². The van der Waals surface area contributed by atoms with Crippen LogP contribution in [0.2, 0.25) is 0 Å². The number of fused-ring (bicyclic) bond motifs is 1. The van der Waals surface area contributed by atoms with Gasteiger partial charge >= 0.3 is 0 Å². The predicted molar refractivity (Wildman–Crippen MR) is 76.4 cm³/mol. The van der Waals surface area contributed by atoms with Crippen LogP contribution in [0.3, 0.4) is 0 Å². The summed E-state index contributed by atoms with van der Waals surface area (Å²) in [6.07, 6.45) is 1.71. The minimum atomic E-state index is -0.0234. The quantitative estimate of drug-likeness (QED) is 0.700. The van der Waals surface area contributed by atoms with Crippen molar-refractivity contribution in [2.45, 2.75) is 20.8 Å². The molecule has 2 N–H and O–H groups in total. The number of H-pyrrole nitrogens is 2.